The van der Waals surface area contributed by atoms with E-state index < -0.39 is 44.1 Å². The van der Waals surface area contributed by atoms with Crippen molar-refractivity contribution in [3.05, 3.63) is 64.1 Å². The number of carbonyl (C=O) groups is 1. The lowest BCUT2D eigenvalue weighted by Crippen LogP contribution is -2.83. The molecule has 0 aromatic heterocycles. The minimum absolute atomic E-state index is 0.0373. The van der Waals surface area contributed by atoms with E-state index in [9.17, 15) is 23.4 Å². The zero-order valence-electron chi connectivity index (χ0n) is 28.0. The van der Waals surface area contributed by atoms with Crippen molar-refractivity contribution in [3.8, 4) is 0 Å². The van der Waals surface area contributed by atoms with Crippen LogP contribution in [-0.4, -0.2) is 91.9 Å². The zero-order chi connectivity index (χ0) is 34.0. The number of esters is 1. The predicted octanol–water partition coefficient (Wildman–Crippen LogP) is 4.62. The molecule has 1 spiro atoms. The summed E-state index contributed by atoms with van der Waals surface area (Å²) in [6.07, 6.45) is 2.40. The Balaban J connectivity index is 1.20. The van der Waals surface area contributed by atoms with Crippen molar-refractivity contribution in [1.82, 2.24) is 4.90 Å². The van der Waals surface area contributed by atoms with Gasteiger partial charge in [0.25, 0.3) is 0 Å². The number of benzene rings is 2. The average Bonchev–Trinajstić information content (AvgIpc) is 3.49. The second-order valence-corrected chi connectivity index (χ2v) is 18.4. The molecule has 260 valence electrons. The van der Waals surface area contributed by atoms with Gasteiger partial charge in [-0.05, 0) is 86.4 Å². The molecule has 7 bridgehead atoms. The van der Waals surface area contributed by atoms with E-state index in [1.54, 1.807) is 62.8 Å². The van der Waals surface area contributed by atoms with Crippen molar-refractivity contribution in [2.75, 3.05) is 27.3 Å². The lowest BCUT2D eigenvalue weighted by molar-refractivity contribution is -0.335. The minimum Gasteiger partial charge on any atom is -0.454 e. The highest BCUT2D eigenvalue weighted by molar-refractivity contribution is 9.10. The van der Waals surface area contributed by atoms with Gasteiger partial charge in [-0.2, -0.15) is 0 Å². The molecule has 0 radical (unpaired) electrons. The molecule has 4 unspecified atom stereocenters. The number of sulfone groups is 1. The van der Waals surface area contributed by atoms with Crippen LogP contribution in [0.1, 0.15) is 61.9 Å². The van der Waals surface area contributed by atoms with Gasteiger partial charge in [0.05, 0.1) is 28.4 Å². The Labute approximate surface area is 291 Å². The topological polar surface area (TPSA) is 123 Å². The molecule has 6 fully saturated rings. The normalized spacial score (nSPS) is 44.1. The van der Waals surface area contributed by atoms with Gasteiger partial charge < -0.3 is 24.4 Å². The molecule has 0 amide bonds. The van der Waals surface area contributed by atoms with Gasteiger partial charge in [0.1, 0.15) is 16.8 Å². The molecule has 9 nitrogen and oxygen atoms in total. The van der Waals surface area contributed by atoms with Crippen molar-refractivity contribution in [2.45, 2.75) is 91.7 Å². The van der Waals surface area contributed by atoms with E-state index in [4.69, 9.17) is 14.2 Å². The summed E-state index contributed by atoms with van der Waals surface area (Å²) >= 11 is 3.36. The van der Waals surface area contributed by atoms with Crippen LogP contribution in [-0.2, 0) is 29.8 Å². The minimum atomic E-state index is -3.74. The molecule has 1 saturated heterocycles. The summed E-state index contributed by atoms with van der Waals surface area (Å²) in [5.41, 5.74) is -3.62. The van der Waals surface area contributed by atoms with Crippen LogP contribution in [0, 0.1) is 35.0 Å². The molecule has 2 aromatic rings. The molecule has 5 saturated carbocycles. The van der Waals surface area contributed by atoms with Gasteiger partial charge in [0.2, 0.25) is 0 Å². The third-order valence-electron chi connectivity index (χ3n) is 14.0. The van der Waals surface area contributed by atoms with E-state index in [1.165, 1.54) is 0 Å². The van der Waals surface area contributed by atoms with Gasteiger partial charge in [0, 0.05) is 54.4 Å². The molecule has 5 aliphatic carbocycles. The maximum atomic E-state index is 14.4. The summed E-state index contributed by atoms with van der Waals surface area (Å²) < 4.78 is 47.0. The number of likely N-dealkylation sites (tertiary alicyclic amines) is 1. The SMILES string of the molecule is CCN1C[C@]2(OC(=O)c3ccccc3CS(=O)(=O)c3ccc(Br)cc3)CC[C@H](OC)C34C2CC([C@@H]13)[C@@]1(O)C[C@H](C)[C@H]2CC4[C@]1(O)[C@H]2OC. The van der Waals surface area contributed by atoms with Crippen LogP contribution >= 0.6 is 15.9 Å². The highest BCUT2D eigenvalue weighted by Gasteiger charge is 2.88. The quantitative estimate of drug-likeness (QED) is 0.373. The van der Waals surface area contributed by atoms with Crippen molar-refractivity contribution < 1.29 is 37.6 Å². The van der Waals surface area contributed by atoms with Gasteiger partial charge in [-0.25, -0.2) is 13.2 Å². The van der Waals surface area contributed by atoms with Crippen LogP contribution < -0.4 is 0 Å². The number of rotatable bonds is 8. The number of methoxy groups -OCH3 is 2. The third kappa shape index (κ3) is 4.07. The predicted molar refractivity (Wildman–Crippen MR) is 181 cm³/mol. The highest BCUT2D eigenvalue weighted by atomic mass is 79.9. The Kier molecular flexibility index (Phi) is 7.68. The van der Waals surface area contributed by atoms with Crippen molar-refractivity contribution >= 4 is 31.7 Å². The van der Waals surface area contributed by atoms with Crippen LogP contribution in [0.15, 0.2) is 57.9 Å². The molecule has 12 atom stereocenters. The lowest BCUT2D eigenvalue weighted by Gasteiger charge is -2.70. The Hall–Kier alpha value is -1.86. The van der Waals surface area contributed by atoms with E-state index in [0.717, 1.165) is 10.9 Å². The molecule has 2 N–H and O–H groups in total. The van der Waals surface area contributed by atoms with Crippen molar-refractivity contribution in [1.29, 1.82) is 0 Å². The molecule has 6 aliphatic rings. The van der Waals surface area contributed by atoms with Gasteiger partial charge in [0.15, 0.2) is 9.84 Å². The maximum Gasteiger partial charge on any atom is 0.339 e. The van der Waals surface area contributed by atoms with Crippen LogP contribution in [0.2, 0.25) is 0 Å². The van der Waals surface area contributed by atoms with Crippen molar-refractivity contribution in [2.24, 2.45) is 35.0 Å². The van der Waals surface area contributed by atoms with E-state index >= 15 is 0 Å². The third-order valence-corrected chi connectivity index (χ3v) is 16.2. The Bertz CT molecular complexity index is 1740. The monoisotopic (exact) mass is 743 g/mol. The largest absolute Gasteiger partial charge is 0.454 e. The van der Waals surface area contributed by atoms with Crippen LogP contribution in [0.5, 0.6) is 0 Å². The van der Waals surface area contributed by atoms with Gasteiger partial charge >= 0.3 is 5.97 Å². The zero-order valence-corrected chi connectivity index (χ0v) is 30.4. The van der Waals surface area contributed by atoms with E-state index in [-0.39, 0.29) is 57.9 Å². The molecule has 48 heavy (non-hydrogen) atoms. The smallest absolute Gasteiger partial charge is 0.339 e. The van der Waals surface area contributed by atoms with Crippen LogP contribution in [0.4, 0.5) is 0 Å². The molecule has 8 rings (SSSR count). The Morgan fingerprint density at radius 2 is 1.77 bits per heavy atom. The summed E-state index contributed by atoms with van der Waals surface area (Å²) in [6, 6.07) is 13.3. The molecular formula is C37H46BrNO8S. The molecular weight excluding hydrogens is 698 g/mol. The first kappa shape index (κ1) is 33.3. The fraction of sp³-hybridized carbons (Fsp3) is 0.649. The number of aliphatic hydroxyl groups is 2. The number of fused-ring (bicyclic) bond motifs is 2. The van der Waals surface area contributed by atoms with Gasteiger partial charge in [-0.1, -0.05) is 48.0 Å². The summed E-state index contributed by atoms with van der Waals surface area (Å²) in [6.45, 7) is 5.51. The number of nitrogens with zero attached hydrogens (tertiary/aromatic N) is 1. The van der Waals surface area contributed by atoms with E-state index in [2.05, 4.69) is 34.7 Å². The number of piperidine rings is 1. The number of hydrogen-bond donors (Lipinski definition) is 2. The summed E-state index contributed by atoms with van der Waals surface area (Å²) in [7, 11) is -0.340. The first-order valence-electron chi connectivity index (χ1n) is 17.4. The van der Waals surface area contributed by atoms with E-state index in [0.29, 0.717) is 44.3 Å². The molecule has 11 heteroatoms. The summed E-state index contributed by atoms with van der Waals surface area (Å²) in [5.74, 6) is -1.29. The van der Waals surface area contributed by atoms with Gasteiger partial charge in [-0.15, -0.1) is 0 Å². The first-order valence-corrected chi connectivity index (χ1v) is 19.8. The van der Waals surface area contributed by atoms with Crippen molar-refractivity contribution in [3.63, 3.8) is 0 Å². The lowest BCUT2D eigenvalue weighted by atomic mass is 9.43. The Morgan fingerprint density at radius 1 is 1.04 bits per heavy atom. The number of ether oxygens (including phenoxy) is 3. The second-order valence-electron chi connectivity index (χ2n) is 15.5. The van der Waals surface area contributed by atoms with Crippen LogP contribution in [0.3, 0.4) is 0 Å². The molecule has 1 aliphatic heterocycles. The second kappa shape index (κ2) is 11.1. The number of halogens is 1. The molecule has 1 heterocycles. The molecule has 2 aromatic carbocycles. The van der Waals surface area contributed by atoms with E-state index in [1.807, 2.05) is 0 Å². The summed E-state index contributed by atoms with van der Waals surface area (Å²) in [4.78, 5) is 17.0. The number of likely N-dealkylation sites (N-methyl/N-ethyl adjacent to an activating group) is 1. The maximum absolute atomic E-state index is 14.4. The first-order chi connectivity index (χ1) is 22.8. The summed E-state index contributed by atoms with van der Waals surface area (Å²) in [5, 5.41) is 25.8. The average molecular weight is 745 g/mol. The number of carbonyl (C=O) groups excluding carboxylic acids is 1. The fourth-order valence-corrected chi connectivity index (χ4v) is 14.2. The number of hydrogen-bond acceptors (Lipinski definition) is 9. The highest BCUT2D eigenvalue weighted by Crippen LogP contribution is 2.79. The fourth-order valence-electron chi connectivity index (χ4n) is 12.5. The van der Waals surface area contributed by atoms with Gasteiger partial charge in [-0.3, -0.25) is 4.90 Å². The van der Waals surface area contributed by atoms with Crippen LogP contribution in [0.25, 0.3) is 0 Å². The standard InChI is InChI=1S/C37H46BrNO8S/c1-5-39-20-34(47-33(40)25-9-7-6-8-22(25)19-48(43,44)24-12-10-23(38)11-13-24)15-14-30(45-3)36-28(34)17-27(31(36)39)35(41)18-21(2)26-16-29(36)37(35,42)32(26)46-4/h6-13,21,26-32,41-42H,5,14-20H2,1-4H3/t21-,26+,27?,28?,29?,30-,31+,32-,34+,35-,36?,37-/m0/s1. The Morgan fingerprint density at radius 3 is 2.46 bits per heavy atom.